The Bertz CT molecular complexity index is 323. The van der Waals surface area contributed by atoms with E-state index in [1.165, 1.54) is 6.92 Å². The Balaban J connectivity index is 2.25. The summed E-state index contributed by atoms with van der Waals surface area (Å²) < 4.78 is 0. The molecule has 0 aromatic heterocycles. The van der Waals surface area contributed by atoms with E-state index in [0.717, 1.165) is 6.42 Å². The second-order valence-corrected chi connectivity index (χ2v) is 4.45. The molecule has 0 radical (unpaired) electrons. The zero-order chi connectivity index (χ0) is 12.9. The van der Waals surface area contributed by atoms with Gasteiger partial charge in [-0.1, -0.05) is 6.42 Å². The average molecular weight is 242 g/mol. The lowest BCUT2D eigenvalue weighted by Crippen LogP contribution is -2.43. The highest BCUT2D eigenvalue weighted by molar-refractivity contribution is 5.85. The van der Waals surface area contributed by atoms with Crippen LogP contribution in [0.5, 0.6) is 0 Å². The number of nitrogens with one attached hydrogen (secondary N) is 2. The number of hydrogen-bond donors (Lipinski definition) is 3. The van der Waals surface area contributed by atoms with Crippen molar-refractivity contribution >= 4 is 17.8 Å². The van der Waals surface area contributed by atoms with E-state index in [4.69, 9.17) is 5.11 Å². The maximum atomic E-state index is 11.5. The Morgan fingerprint density at radius 3 is 2.18 bits per heavy atom. The molecule has 17 heavy (non-hydrogen) atoms. The summed E-state index contributed by atoms with van der Waals surface area (Å²) in [7, 11) is 0. The van der Waals surface area contributed by atoms with Gasteiger partial charge in [0.25, 0.3) is 0 Å². The molecule has 1 fully saturated rings. The van der Waals surface area contributed by atoms with Crippen LogP contribution in [0.3, 0.4) is 0 Å². The van der Waals surface area contributed by atoms with Crippen molar-refractivity contribution in [2.45, 2.75) is 32.6 Å². The first-order chi connectivity index (χ1) is 7.96. The van der Waals surface area contributed by atoms with Crippen LogP contribution in [-0.4, -0.2) is 36.0 Å². The number of hydrogen-bond acceptors (Lipinski definition) is 3. The van der Waals surface area contributed by atoms with Gasteiger partial charge in [-0.2, -0.15) is 0 Å². The highest BCUT2D eigenvalue weighted by Crippen LogP contribution is 2.44. The molecule has 6 nitrogen and oxygen atoms in total. The molecule has 0 saturated heterocycles. The van der Waals surface area contributed by atoms with Crippen molar-refractivity contribution in [3.05, 3.63) is 0 Å². The van der Waals surface area contributed by atoms with E-state index in [0.29, 0.717) is 25.9 Å². The Labute approximate surface area is 99.8 Å². The Morgan fingerprint density at radius 1 is 1.18 bits per heavy atom. The minimum atomic E-state index is -0.888. The van der Waals surface area contributed by atoms with Gasteiger partial charge in [-0.15, -0.1) is 0 Å². The van der Waals surface area contributed by atoms with Crippen LogP contribution in [-0.2, 0) is 14.4 Å². The topological polar surface area (TPSA) is 95.5 Å². The highest BCUT2D eigenvalue weighted by Gasteiger charge is 2.45. The number of amides is 2. The fourth-order valence-corrected chi connectivity index (χ4v) is 1.88. The van der Waals surface area contributed by atoms with Gasteiger partial charge in [0.05, 0.1) is 5.41 Å². The molecule has 1 saturated carbocycles. The Hall–Kier alpha value is -1.59. The Kier molecular flexibility index (Phi) is 4.48. The SMILES string of the molecule is CC(=O)NCCNC(=O)CC1(C(=O)O)CCC1. The molecule has 0 heterocycles. The predicted octanol–water partition coefficient (Wildman–Crippen LogP) is -0.116. The minimum Gasteiger partial charge on any atom is -0.481 e. The zero-order valence-electron chi connectivity index (χ0n) is 9.91. The summed E-state index contributed by atoms with van der Waals surface area (Å²) in [5, 5.41) is 14.2. The first-order valence-corrected chi connectivity index (χ1v) is 5.71. The second-order valence-electron chi connectivity index (χ2n) is 4.45. The summed E-state index contributed by atoms with van der Waals surface area (Å²) in [6, 6.07) is 0. The molecule has 0 unspecified atom stereocenters. The van der Waals surface area contributed by atoms with Crippen molar-refractivity contribution in [1.29, 1.82) is 0 Å². The van der Waals surface area contributed by atoms with Crippen LogP contribution < -0.4 is 10.6 Å². The van der Waals surface area contributed by atoms with Gasteiger partial charge < -0.3 is 15.7 Å². The van der Waals surface area contributed by atoms with E-state index < -0.39 is 11.4 Å². The number of carboxylic acid groups (broad SMARTS) is 1. The van der Waals surface area contributed by atoms with Gasteiger partial charge in [0.15, 0.2) is 0 Å². The third-order valence-corrected chi connectivity index (χ3v) is 3.08. The van der Waals surface area contributed by atoms with E-state index >= 15 is 0 Å². The van der Waals surface area contributed by atoms with Crippen LogP contribution in [0, 0.1) is 5.41 Å². The molecule has 0 aromatic rings. The lowest BCUT2D eigenvalue weighted by molar-refractivity contribution is -0.157. The van der Waals surface area contributed by atoms with E-state index in [1.807, 2.05) is 0 Å². The minimum absolute atomic E-state index is 0.0302. The van der Waals surface area contributed by atoms with Gasteiger partial charge in [0.1, 0.15) is 0 Å². The van der Waals surface area contributed by atoms with E-state index in [2.05, 4.69) is 10.6 Å². The Morgan fingerprint density at radius 2 is 1.76 bits per heavy atom. The molecular weight excluding hydrogens is 224 g/mol. The van der Waals surface area contributed by atoms with Crippen LogP contribution in [0.25, 0.3) is 0 Å². The zero-order valence-corrected chi connectivity index (χ0v) is 9.91. The second kappa shape index (κ2) is 5.65. The van der Waals surface area contributed by atoms with Crippen molar-refractivity contribution in [2.75, 3.05) is 13.1 Å². The first-order valence-electron chi connectivity index (χ1n) is 5.71. The van der Waals surface area contributed by atoms with E-state index in [-0.39, 0.29) is 18.2 Å². The van der Waals surface area contributed by atoms with Gasteiger partial charge in [0.2, 0.25) is 11.8 Å². The smallest absolute Gasteiger partial charge is 0.310 e. The molecule has 0 aromatic carbocycles. The van der Waals surface area contributed by atoms with E-state index in [1.54, 1.807) is 0 Å². The summed E-state index contributed by atoms with van der Waals surface area (Å²) in [4.78, 5) is 33.1. The van der Waals surface area contributed by atoms with Gasteiger partial charge in [-0.3, -0.25) is 14.4 Å². The van der Waals surface area contributed by atoms with Crippen molar-refractivity contribution in [2.24, 2.45) is 5.41 Å². The normalized spacial score (nSPS) is 16.8. The summed E-state index contributed by atoms with van der Waals surface area (Å²) in [6.07, 6.45) is 2.04. The lowest BCUT2D eigenvalue weighted by atomic mass is 9.66. The molecule has 0 aliphatic heterocycles. The van der Waals surface area contributed by atoms with Crippen LogP contribution in [0.1, 0.15) is 32.6 Å². The number of carboxylic acids is 1. The summed E-state index contributed by atoms with van der Waals surface area (Å²) >= 11 is 0. The maximum Gasteiger partial charge on any atom is 0.310 e. The third-order valence-electron chi connectivity index (χ3n) is 3.08. The molecule has 96 valence electrons. The summed E-state index contributed by atoms with van der Waals surface area (Å²) in [5.41, 5.74) is -0.849. The quantitative estimate of drug-likeness (QED) is 0.566. The largest absolute Gasteiger partial charge is 0.481 e. The van der Waals surface area contributed by atoms with Crippen LogP contribution >= 0.6 is 0 Å². The van der Waals surface area contributed by atoms with Crippen molar-refractivity contribution in [1.82, 2.24) is 10.6 Å². The maximum absolute atomic E-state index is 11.5. The average Bonchev–Trinajstić information content (AvgIpc) is 2.17. The molecule has 1 aliphatic rings. The molecule has 1 aliphatic carbocycles. The lowest BCUT2D eigenvalue weighted by Gasteiger charge is -2.36. The molecule has 3 N–H and O–H groups in total. The molecule has 1 rings (SSSR count). The predicted molar refractivity (Wildman–Crippen MR) is 60.2 cm³/mol. The van der Waals surface area contributed by atoms with Crippen molar-refractivity contribution < 1.29 is 19.5 Å². The molecule has 6 heteroatoms. The number of carbonyl (C=O) groups excluding carboxylic acids is 2. The number of rotatable bonds is 6. The third kappa shape index (κ3) is 3.72. The van der Waals surface area contributed by atoms with Gasteiger partial charge in [-0.25, -0.2) is 0 Å². The highest BCUT2D eigenvalue weighted by atomic mass is 16.4. The van der Waals surface area contributed by atoms with Crippen LogP contribution in [0.15, 0.2) is 0 Å². The summed E-state index contributed by atoms with van der Waals surface area (Å²) in [5.74, 6) is -1.31. The fourth-order valence-electron chi connectivity index (χ4n) is 1.88. The molecule has 0 spiro atoms. The van der Waals surface area contributed by atoms with E-state index in [9.17, 15) is 14.4 Å². The number of carbonyl (C=O) groups is 3. The first kappa shape index (κ1) is 13.5. The molecule has 0 atom stereocenters. The van der Waals surface area contributed by atoms with Gasteiger partial charge >= 0.3 is 5.97 Å². The molecular formula is C11H18N2O4. The van der Waals surface area contributed by atoms with Crippen molar-refractivity contribution in [3.8, 4) is 0 Å². The summed E-state index contributed by atoms with van der Waals surface area (Å²) in [6.45, 7) is 2.09. The monoisotopic (exact) mass is 242 g/mol. The van der Waals surface area contributed by atoms with Gasteiger partial charge in [-0.05, 0) is 12.8 Å². The molecule has 2 amide bonds. The van der Waals surface area contributed by atoms with Crippen molar-refractivity contribution in [3.63, 3.8) is 0 Å². The van der Waals surface area contributed by atoms with Gasteiger partial charge in [0, 0.05) is 26.4 Å². The van der Waals surface area contributed by atoms with Crippen LogP contribution in [0.4, 0.5) is 0 Å². The number of aliphatic carboxylic acids is 1. The fraction of sp³-hybridized carbons (Fsp3) is 0.727. The van der Waals surface area contributed by atoms with Crippen LogP contribution in [0.2, 0.25) is 0 Å². The molecule has 0 bridgehead atoms. The standard InChI is InChI=1S/C11H18N2O4/c1-8(14)12-5-6-13-9(15)7-11(10(16)17)3-2-4-11/h2-7H2,1H3,(H,12,14)(H,13,15)(H,16,17).